The summed E-state index contributed by atoms with van der Waals surface area (Å²) in [5.41, 5.74) is 5.52. The molecule has 1 amide bonds. The second-order valence-corrected chi connectivity index (χ2v) is 5.74. The zero-order valence-electron chi connectivity index (χ0n) is 12.2. The van der Waals surface area contributed by atoms with Crippen molar-refractivity contribution in [1.82, 2.24) is 0 Å². The van der Waals surface area contributed by atoms with Crippen molar-refractivity contribution in [2.75, 3.05) is 5.32 Å². The van der Waals surface area contributed by atoms with Crippen LogP contribution in [0.4, 0.5) is 5.69 Å². The molecule has 1 aromatic carbocycles. The maximum atomic E-state index is 11.5. The number of halogens is 1. The Hall–Kier alpha value is -1.76. The topological polar surface area (TPSA) is 83.7 Å². The molecule has 1 atom stereocenters. The van der Waals surface area contributed by atoms with Crippen molar-refractivity contribution in [3.8, 4) is 0 Å². The van der Waals surface area contributed by atoms with Crippen LogP contribution in [0.1, 0.15) is 12.5 Å². The van der Waals surface area contributed by atoms with Gasteiger partial charge in [-0.05, 0) is 30.7 Å². The molecule has 0 spiro atoms. The molecule has 2 rings (SSSR count). The molecule has 0 aliphatic rings. The van der Waals surface area contributed by atoms with Crippen molar-refractivity contribution in [3.05, 3.63) is 59.4 Å². The Kier molecular flexibility index (Phi) is 7.17. The van der Waals surface area contributed by atoms with Crippen LogP contribution in [0.3, 0.4) is 0 Å². The number of nitrogens with zero attached hydrogens (tertiary/aromatic N) is 1. The highest BCUT2D eigenvalue weighted by atomic mass is 35.5. The van der Waals surface area contributed by atoms with E-state index in [1.165, 1.54) is 18.0 Å². The van der Waals surface area contributed by atoms with E-state index in [-0.39, 0.29) is 24.4 Å². The molecule has 0 unspecified atom stereocenters. The van der Waals surface area contributed by atoms with Crippen molar-refractivity contribution in [1.29, 1.82) is 0 Å². The van der Waals surface area contributed by atoms with E-state index in [4.69, 9.17) is 0 Å². The van der Waals surface area contributed by atoms with Gasteiger partial charge in [-0.3, -0.25) is 4.79 Å². The largest absolute Gasteiger partial charge is 1.00 e. The molecule has 7 heteroatoms. The number of quaternary nitrogens is 1. The Balaban J connectivity index is 0.00000242. The van der Waals surface area contributed by atoms with E-state index in [2.05, 4.69) is 11.1 Å². The highest BCUT2D eigenvalue weighted by molar-refractivity contribution is 7.98. The highest BCUT2D eigenvalue weighted by Crippen LogP contribution is 2.20. The lowest BCUT2D eigenvalue weighted by atomic mass is 10.2. The van der Waals surface area contributed by atoms with Crippen molar-refractivity contribution in [2.45, 2.75) is 23.7 Å². The molecule has 22 heavy (non-hydrogen) atoms. The van der Waals surface area contributed by atoms with Crippen LogP contribution in [-0.2, 0) is 10.5 Å². The fraction of sp³-hybridized carbons (Fsp3) is 0.200. The van der Waals surface area contributed by atoms with E-state index in [9.17, 15) is 10.0 Å². The Morgan fingerprint density at radius 3 is 2.59 bits per heavy atom. The maximum absolute atomic E-state index is 11.5. The molecule has 0 bridgehead atoms. The van der Waals surface area contributed by atoms with Gasteiger partial charge in [0.15, 0.2) is 12.2 Å². The maximum Gasteiger partial charge on any atom is 0.282 e. The standard InChI is InChI=1S/C15H17N3O2S.ClH/c1-11(16)15(19)17-13-7-5-12(6-8-13)10-21-14-4-2-3-9-18(14)20;/h2-9,11H,10,16H2,1H3,(H,17,19);1H/t11-;/m0./s1. The van der Waals surface area contributed by atoms with Crippen LogP contribution in [0.25, 0.3) is 0 Å². The molecule has 1 heterocycles. The molecule has 4 N–H and O–H groups in total. The van der Waals surface area contributed by atoms with Gasteiger partial charge in [0.2, 0.25) is 0 Å². The molecule has 0 radical (unpaired) electrons. The van der Waals surface area contributed by atoms with Gasteiger partial charge in [-0.1, -0.05) is 23.9 Å². The Morgan fingerprint density at radius 2 is 2.00 bits per heavy atom. The first-order valence-corrected chi connectivity index (χ1v) is 7.58. The number of pyridine rings is 1. The molecule has 0 saturated heterocycles. The number of hydrogen-bond donors (Lipinski definition) is 2. The molecule has 1 aromatic heterocycles. The lowest BCUT2D eigenvalue weighted by Gasteiger charge is -2.07. The van der Waals surface area contributed by atoms with E-state index in [0.717, 1.165) is 16.0 Å². The van der Waals surface area contributed by atoms with Crippen molar-refractivity contribution in [2.24, 2.45) is 0 Å². The molecular formula is C15H18ClN3O2S. The van der Waals surface area contributed by atoms with Gasteiger partial charge in [0.05, 0.1) is 0 Å². The Labute approximate surface area is 139 Å². The van der Waals surface area contributed by atoms with E-state index < -0.39 is 0 Å². The third-order valence-corrected chi connectivity index (χ3v) is 3.93. The summed E-state index contributed by atoms with van der Waals surface area (Å²) in [6.07, 6.45) is 1.49. The lowest BCUT2D eigenvalue weighted by molar-refractivity contribution is -0.645. The Bertz CT molecular complexity index is 620. The summed E-state index contributed by atoms with van der Waals surface area (Å²) < 4.78 is 0.856. The van der Waals surface area contributed by atoms with Crippen LogP contribution < -0.4 is 28.2 Å². The first kappa shape index (κ1) is 18.3. The van der Waals surface area contributed by atoms with Gasteiger partial charge in [-0.2, -0.15) is 4.73 Å². The van der Waals surface area contributed by atoms with Crippen LogP contribution in [0, 0.1) is 5.21 Å². The summed E-state index contributed by atoms with van der Waals surface area (Å²) in [4.78, 5) is 11.5. The molecule has 0 fully saturated rings. The fourth-order valence-electron chi connectivity index (χ4n) is 1.63. The number of anilines is 1. The van der Waals surface area contributed by atoms with Gasteiger partial charge in [-0.15, -0.1) is 0 Å². The minimum Gasteiger partial charge on any atom is -1.00 e. The predicted octanol–water partition coefficient (Wildman–Crippen LogP) is -1.81. The number of rotatable bonds is 5. The summed E-state index contributed by atoms with van der Waals surface area (Å²) in [5, 5.41) is 15.0. The lowest BCUT2D eigenvalue weighted by Crippen LogP contribution is -3.00. The average molecular weight is 340 g/mol. The van der Waals surface area contributed by atoms with Crippen LogP contribution in [0.2, 0.25) is 0 Å². The number of carbonyl (C=O) groups excluding carboxylic acids is 1. The quantitative estimate of drug-likeness (QED) is 0.382. The second kappa shape index (κ2) is 8.63. The van der Waals surface area contributed by atoms with Crippen molar-refractivity contribution in [3.63, 3.8) is 0 Å². The van der Waals surface area contributed by atoms with Gasteiger partial charge in [0.25, 0.3) is 10.9 Å². The molecule has 2 aromatic rings. The smallest absolute Gasteiger partial charge is 0.282 e. The van der Waals surface area contributed by atoms with Gasteiger partial charge < -0.3 is 28.7 Å². The zero-order valence-corrected chi connectivity index (χ0v) is 13.7. The summed E-state index contributed by atoms with van der Waals surface area (Å²) in [6.45, 7) is 1.75. The minimum atomic E-state index is -0.286. The van der Waals surface area contributed by atoms with Gasteiger partial charge in [-0.25, -0.2) is 0 Å². The number of benzene rings is 1. The van der Waals surface area contributed by atoms with Gasteiger partial charge in [0.1, 0.15) is 0 Å². The van der Waals surface area contributed by atoms with Crippen LogP contribution in [0.15, 0.2) is 53.7 Å². The van der Waals surface area contributed by atoms with E-state index in [1.807, 2.05) is 30.3 Å². The first-order valence-electron chi connectivity index (χ1n) is 6.60. The SMILES string of the molecule is C[C@H]([NH3+])C(=O)Nc1ccc(CSc2cccc[n+]2[O-])cc1.[Cl-]. The number of carbonyl (C=O) groups is 1. The molecule has 118 valence electrons. The number of aromatic nitrogens is 1. The van der Waals surface area contributed by atoms with Gasteiger partial charge in [0, 0.05) is 23.6 Å². The number of amides is 1. The monoisotopic (exact) mass is 339 g/mol. The summed E-state index contributed by atoms with van der Waals surface area (Å²) in [7, 11) is 0. The third-order valence-electron chi connectivity index (χ3n) is 2.84. The van der Waals surface area contributed by atoms with E-state index >= 15 is 0 Å². The van der Waals surface area contributed by atoms with Gasteiger partial charge >= 0.3 is 0 Å². The molecular weight excluding hydrogens is 322 g/mol. The van der Waals surface area contributed by atoms with E-state index in [1.54, 1.807) is 19.1 Å². The minimum absolute atomic E-state index is 0. The third kappa shape index (κ3) is 5.22. The normalized spacial score (nSPS) is 11.4. The first-order chi connectivity index (χ1) is 10.1. The highest BCUT2D eigenvalue weighted by Gasteiger charge is 2.10. The molecule has 5 nitrogen and oxygen atoms in total. The summed E-state index contributed by atoms with van der Waals surface area (Å²) in [6, 6.07) is 12.6. The molecule has 0 aliphatic heterocycles. The van der Waals surface area contributed by atoms with Crippen molar-refractivity contribution >= 4 is 23.4 Å². The molecule has 0 aliphatic carbocycles. The number of thioether (sulfide) groups is 1. The second-order valence-electron chi connectivity index (χ2n) is 4.74. The fourth-order valence-corrected chi connectivity index (χ4v) is 2.50. The number of nitrogens with one attached hydrogen (secondary N) is 1. The van der Waals surface area contributed by atoms with E-state index in [0.29, 0.717) is 10.8 Å². The van der Waals surface area contributed by atoms with Crippen LogP contribution in [0.5, 0.6) is 0 Å². The number of hydrogen-bond acceptors (Lipinski definition) is 3. The predicted molar refractivity (Wildman–Crippen MR) is 82.4 cm³/mol. The van der Waals surface area contributed by atoms with Crippen LogP contribution >= 0.6 is 11.8 Å². The summed E-state index contributed by atoms with van der Waals surface area (Å²) >= 11 is 1.48. The van der Waals surface area contributed by atoms with Crippen LogP contribution in [-0.4, -0.2) is 11.9 Å². The average Bonchev–Trinajstić information content (AvgIpc) is 2.48. The molecule has 0 saturated carbocycles. The Morgan fingerprint density at radius 1 is 1.32 bits per heavy atom. The van der Waals surface area contributed by atoms with Crippen molar-refractivity contribution < 1.29 is 27.7 Å². The zero-order chi connectivity index (χ0) is 15.2. The summed E-state index contributed by atoms with van der Waals surface area (Å²) in [5.74, 6) is 0.598.